The minimum absolute atomic E-state index is 0.793. The Morgan fingerprint density at radius 1 is 0.952 bits per heavy atom. The van der Waals surface area contributed by atoms with E-state index in [1.54, 1.807) is 0 Å². The van der Waals surface area contributed by atoms with Crippen molar-refractivity contribution in [3.05, 3.63) is 0 Å². The van der Waals surface area contributed by atoms with Crippen molar-refractivity contribution in [2.24, 2.45) is 0 Å². The molecule has 2 heteroatoms. The summed E-state index contributed by atoms with van der Waals surface area (Å²) < 4.78 is 0. The summed E-state index contributed by atoms with van der Waals surface area (Å²) in [7, 11) is 0. The number of hydrogen-bond donors (Lipinski definition) is 1. The van der Waals surface area contributed by atoms with Gasteiger partial charge < -0.3 is 10.2 Å². The Morgan fingerprint density at radius 2 is 1.67 bits per heavy atom. The molecule has 0 aromatic carbocycles. The van der Waals surface area contributed by atoms with Gasteiger partial charge in [0.05, 0.1) is 0 Å². The number of fused-ring (bicyclic) bond motifs is 1. The van der Waals surface area contributed by atoms with Gasteiger partial charge in [0.2, 0.25) is 0 Å². The third kappa shape index (κ3) is 5.90. The van der Waals surface area contributed by atoms with Gasteiger partial charge in [0.15, 0.2) is 0 Å². The van der Waals surface area contributed by atoms with Gasteiger partial charge in [0.1, 0.15) is 0 Å². The summed E-state index contributed by atoms with van der Waals surface area (Å²) in [5.41, 5.74) is 0. The maximum absolute atomic E-state index is 4.06. The largest absolute Gasteiger partial charge is 0.311 e. The first-order chi connectivity index (χ1) is 10.3. The quantitative estimate of drug-likeness (QED) is 0.586. The van der Waals surface area contributed by atoms with Crippen LogP contribution in [-0.2, 0) is 0 Å². The fourth-order valence-electron chi connectivity index (χ4n) is 4.30. The van der Waals surface area contributed by atoms with Crippen LogP contribution in [0.2, 0.25) is 0 Å². The second-order valence-electron chi connectivity index (χ2n) is 7.41. The lowest BCUT2D eigenvalue weighted by Crippen LogP contribution is -2.48. The number of unbranched alkanes of at least 4 members (excludes halogenated alkanes) is 4. The van der Waals surface area contributed by atoms with Crippen molar-refractivity contribution in [3.8, 4) is 0 Å². The van der Waals surface area contributed by atoms with Crippen molar-refractivity contribution in [1.82, 2.24) is 10.2 Å². The fraction of sp³-hybridized carbons (Fsp3) is 1.00. The fourth-order valence-corrected chi connectivity index (χ4v) is 4.30. The normalized spacial score (nSPS) is 26.4. The van der Waals surface area contributed by atoms with E-state index in [2.05, 4.69) is 24.1 Å². The Kier molecular flexibility index (Phi) is 8.10. The van der Waals surface area contributed by atoms with Crippen molar-refractivity contribution >= 4 is 0 Å². The van der Waals surface area contributed by atoms with Crippen LogP contribution in [0.4, 0.5) is 0 Å². The van der Waals surface area contributed by atoms with Crippen molar-refractivity contribution in [2.45, 2.75) is 109 Å². The molecule has 0 aromatic rings. The van der Waals surface area contributed by atoms with Gasteiger partial charge >= 0.3 is 0 Å². The monoisotopic (exact) mass is 294 g/mol. The lowest BCUT2D eigenvalue weighted by Gasteiger charge is -2.37. The van der Waals surface area contributed by atoms with Crippen LogP contribution in [0.1, 0.15) is 90.9 Å². The topological polar surface area (TPSA) is 15.3 Å². The Balaban J connectivity index is 1.73. The number of hydrogen-bond acceptors (Lipinski definition) is 2. The molecule has 0 amide bonds. The van der Waals surface area contributed by atoms with E-state index in [9.17, 15) is 0 Å². The number of nitrogens with one attached hydrogen (secondary N) is 1. The average molecular weight is 295 g/mol. The zero-order valence-electron chi connectivity index (χ0n) is 14.6. The van der Waals surface area contributed by atoms with E-state index in [4.69, 9.17) is 0 Å². The highest BCUT2D eigenvalue weighted by atomic mass is 15.2. The van der Waals surface area contributed by atoms with Crippen LogP contribution < -0.4 is 5.32 Å². The average Bonchev–Trinajstić information content (AvgIpc) is 2.95. The molecule has 124 valence electrons. The maximum Gasteiger partial charge on any atom is 0.0111 e. The molecule has 2 atom stereocenters. The van der Waals surface area contributed by atoms with E-state index in [0.29, 0.717) is 0 Å². The molecule has 0 saturated carbocycles. The predicted molar refractivity (Wildman–Crippen MR) is 92.8 cm³/mol. The van der Waals surface area contributed by atoms with Gasteiger partial charge in [-0.25, -0.2) is 0 Å². The molecule has 0 radical (unpaired) electrons. The molecule has 2 fully saturated rings. The first kappa shape index (κ1) is 17.3. The molecule has 2 saturated heterocycles. The van der Waals surface area contributed by atoms with Gasteiger partial charge in [-0.05, 0) is 51.6 Å². The highest BCUT2D eigenvalue weighted by Crippen LogP contribution is 2.27. The summed E-state index contributed by atoms with van der Waals surface area (Å²) in [6, 6.07) is 2.50. The van der Waals surface area contributed by atoms with Crippen LogP contribution >= 0.6 is 0 Å². The standard InChI is InChI=1S/C19H38N2/c1-3-5-7-10-17(11-8-6-4-2)20-18-13-15-21-14-9-12-19(21)16-18/h17-20H,3-16H2,1-2H3. The SMILES string of the molecule is CCCCCC(CCCCC)NC1CCN2CCCC2C1. The second kappa shape index (κ2) is 9.84. The van der Waals surface area contributed by atoms with Crippen molar-refractivity contribution in [1.29, 1.82) is 0 Å². The molecule has 2 nitrogen and oxygen atoms in total. The Hall–Kier alpha value is -0.0800. The van der Waals surface area contributed by atoms with E-state index < -0.39 is 0 Å². The smallest absolute Gasteiger partial charge is 0.0111 e. The van der Waals surface area contributed by atoms with Crippen LogP contribution in [0.25, 0.3) is 0 Å². The zero-order chi connectivity index (χ0) is 14.9. The highest BCUT2D eigenvalue weighted by molar-refractivity contribution is 4.90. The predicted octanol–water partition coefficient (Wildman–Crippen LogP) is 4.73. The van der Waals surface area contributed by atoms with Crippen LogP contribution in [0.3, 0.4) is 0 Å². The molecule has 0 spiro atoms. The summed E-state index contributed by atoms with van der Waals surface area (Å²) in [4.78, 5) is 2.74. The Bertz CT molecular complexity index is 256. The molecule has 2 unspecified atom stereocenters. The molecule has 0 aromatic heterocycles. The number of rotatable bonds is 10. The van der Waals surface area contributed by atoms with Gasteiger partial charge in [-0.2, -0.15) is 0 Å². The van der Waals surface area contributed by atoms with Crippen LogP contribution in [0, 0.1) is 0 Å². The van der Waals surface area contributed by atoms with E-state index in [0.717, 1.165) is 18.1 Å². The van der Waals surface area contributed by atoms with E-state index in [1.165, 1.54) is 90.1 Å². The molecular weight excluding hydrogens is 256 g/mol. The third-order valence-corrected chi connectivity index (χ3v) is 5.60. The van der Waals surface area contributed by atoms with Crippen molar-refractivity contribution < 1.29 is 0 Å². The van der Waals surface area contributed by atoms with Gasteiger partial charge in [-0.15, -0.1) is 0 Å². The molecule has 0 bridgehead atoms. The first-order valence-electron chi connectivity index (χ1n) is 9.83. The van der Waals surface area contributed by atoms with Crippen LogP contribution in [0.5, 0.6) is 0 Å². The highest BCUT2D eigenvalue weighted by Gasteiger charge is 2.32. The van der Waals surface area contributed by atoms with Crippen LogP contribution in [0.15, 0.2) is 0 Å². The van der Waals surface area contributed by atoms with E-state index in [1.807, 2.05) is 0 Å². The molecule has 2 heterocycles. The number of nitrogens with zero attached hydrogens (tertiary/aromatic N) is 1. The van der Waals surface area contributed by atoms with E-state index >= 15 is 0 Å². The molecule has 2 rings (SSSR count). The Labute approximate surface area is 133 Å². The summed E-state index contributed by atoms with van der Waals surface area (Å²) in [5, 5.41) is 4.06. The maximum atomic E-state index is 4.06. The van der Waals surface area contributed by atoms with Crippen molar-refractivity contribution in [2.75, 3.05) is 13.1 Å². The lowest BCUT2D eigenvalue weighted by molar-refractivity contribution is 0.158. The lowest BCUT2D eigenvalue weighted by atomic mass is 9.94. The molecule has 2 aliphatic heterocycles. The van der Waals surface area contributed by atoms with E-state index in [-0.39, 0.29) is 0 Å². The minimum atomic E-state index is 0.793. The first-order valence-corrected chi connectivity index (χ1v) is 9.83. The second-order valence-corrected chi connectivity index (χ2v) is 7.41. The van der Waals surface area contributed by atoms with Gasteiger partial charge in [0, 0.05) is 18.1 Å². The molecule has 2 aliphatic rings. The third-order valence-electron chi connectivity index (χ3n) is 5.60. The zero-order valence-corrected chi connectivity index (χ0v) is 14.6. The summed E-state index contributed by atoms with van der Waals surface area (Å²) in [5.74, 6) is 0. The molecule has 21 heavy (non-hydrogen) atoms. The molecule has 1 N–H and O–H groups in total. The summed E-state index contributed by atoms with van der Waals surface area (Å²) in [6.45, 7) is 7.34. The minimum Gasteiger partial charge on any atom is -0.311 e. The van der Waals surface area contributed by atoms with Gasteiger partial charge in [-0.1, -0.05) is 52.4 Å². The summed E-state index contributed by atoms with van der Waals surface area (Å²) in [6.07, 6.45) is 16.9. The summed E-state index contributed by atoms with van der Waals surface area (Å²) >= 11 is 0. The van der Waals surface area contributed by atoms with Gasteiger partial charge in [-0.3, -0.25) is 0 Å². The molecule has 0 aliphatic carbocycles. The van der Waals surface area contributed by atoms with Gasteiger partial charge in [0.25, 0.3) is 0 Å². The Morgan fingerprint density at radius 3 is 2.33 bits per heavy atom. The van der Waals surface area contributed by atoms with Crippen molar-refractivity contribution in [3.63, 3.8) is 0 Å². The number of piperidine rings is 1. The molecular formula is C19H38N2. The van der Waals surface area contributed by atoms with Crippen LogP contribution in [-0.4, -0.2) is 36.1 Å².